The Hall–Kier alpha value is -2.12. The summed E-state index contributed by atoms with van der Waals surface area (Å²) in [7, 11) is 2.11. The fourth-order valence-electron chi connectivity index (χ4n) is 5.05. The predicted molar refractivity (Wildman–Crippen MR) is 120 cm³/mol. The van der Waals surface area contributed by atoms with Gasteiger partial charge in [0.1, 0.15) is 5.75 Å². The number of carbonyl (C=O) groups is 2. The van der Waals surface area contributed by atoms with Crippen LogP contribution >= 0.6 is 0 Å². The van der Waals surface area contributed by atoms with E-state index in [9.17, 15) is 9.59 Å². The van der Waals surface area contributed by atoms with Gasteiger partial charge in [-0.15, -0.1) is 0 Å². The van der Waals surface area contributed by atoms with Crippen LogP contribution < -0.4 is 10.1 Å². The summed E-state index contributed by atoms with van der Waals surface area (Å²) in [5.74, 6) is 2.04. The number of rotatable bonds is 2. The first kappa shape index (κ1) is 22.1. The van der Waals surface area contributed by atoms with Gasteiger partial charge in [0.2, 0.25) is 11.8 Å². The van der Waals surface area contributed by atoms with E-state index in [1.165, 1.54) is 0 Å². The maximum absolute atomic E-state index is 13.0. The highest BCUT2D eigenvalue weighted by Gasteiger charge is 2.33. The second kappa shape index (κ2) is 10.5. The van der Waals surface area contributed by atoms with Crippen molar-refractivity contribution in [3.8, 4) is 5.75 Å². The highest BCUT2D eigenvalue weighted by Crippen LogP contribution is 2.31. The SMILES string of the molecule is CN1CCN(C(=O)C[C@@H]2CCN3C[C@@H]2CCCOc2ccccc2CNCC3=O)CC1. The Balaban J connectivity index is 1.40. The van der Waals surface area contributed by atoms with Gasteiger partial charge < -0.3 is 24.8 Å². The molecule has 1 aromatic rings. The maximum Gasteiger partial charge on any atom is 0.236 e. The van der Waals surface area contributed by atoms with E-state index < -0.39 is 0 Å². The number of ether oxygens (including phenoxy) is 1. The van der Waals surface area contributed by atoms with Crippen LogP contribution in [0.25, 0.3) is 0 Å². The highest BCUT2D eigenvalue weighted by molar-refractivity contribution is 5.79. The smallest absolute Gasteiger partial charge is 0.236 e. The van der Waals surface area contributed by atoms with Crippen LogP contribution in [0.3, 0.4) is 0 Å². The minimum atomic E-state index is 0.159. The van der Waals surface area contributed by atoms with Crippen molar-refractivity contribution in [2.24, 2.45) is 11.8 Å². The average Bonchev–Trinajstić information content (AvgIpc) is 2.79. The van der Waals surface area contributed by atoms with Gasteiger partial charge in [0.15, 0.2) is 0 Å². The summed E-state index contributed by atoms with van der Waals surface area (Å²) in [6.07, 6.45) is 3.45. The van der Waals surface area contributed by atoms with Gasteiger partial charge >= 0.3 is 0 Å². The molecule has 2 bridgehead atoms. The molecule has 0 saturated carbocycles. The summed E-state index contributed by atoms with van der Waals surface area (Å²) in [6, 6.07) is 8.03. The molecule has 7 nitrogen and oxygen atoms in total. The minimum Gasteiger partial charge on any atom is -0.493 e. The van der Waals surface area contributed by atoms with E-state index in [2.05, 4.69) is 17.3 Å². The van der Waals surface area contributed by atoms with E-state index >= 15 is 0 Å². The molecule has 1 aromatic carbocycles. The predicted octanol–water partition coefficient (Wildman–Crippen LogP) is 1.58. The molecule has 0 unspecified atom stereocenters. The molecule has 3 aliphatic heterocycles. The summed E-state index contributed by atoms with van der Waals surface area (Å²) >= 11 is 0. The van der Waals surface area contributed by atoms with Crippen molar-refractivity contribution in [3.63, 3.8) is 0 Å². The number of para-hydroxylation sites is 1. The number of likely N-dealkylation sites (N-methyl/N-ethyl adjacent to an activating group) is 1. The largest absolute Gasteiger partial charge is 0.493 e. The third-order valence-electron chi connectivity index (χ3n) is 7.08. The molecule has 0 aromatic heterocycles. The van der Waals surface area contributed by atoms with Crippen LogP contribution in [0.5, 0.6) is 5.75 Å². The molecule has 7 heteroatoms. The van der Waals surface area contributed by atoms with Gasteiger partial charge in [-0.05, 0) is 44.2 Å². The Morgan fingerprint density at radius 2 is 1.90 bits per heavy atom. The van der Waals surface area contributed by atoms with Gasteiger partial charge in [0.05, 0.1) is 13.2 Å². The van der Waals surface area contributed by atoms with Gasteiger partial charge in [-0.3, -0.25) is 9.59 Å². The fourth-order valence-corrected chi connectivity index (χ4v) is 5.05. The zero-order chi connectivity index (χ0) is 21.6. The molecule has 0 aliphatic carbocycles. The Bertz CT molecular complexity index is 763. The Morgan fingerprint density at radius 3 is 2.74 bits per heavy atom. The quantitative estimate of drug-likeness (QED) is 0.775. The number of piperidine rings is 1. The first-order valence-electron chi connectivity index (χ1n) is 11.8. The van der Waals surface area contributed by atoms with Crippen LogP contribution in [-0.2, 0) is 16.1 Å². The van der Waals surface area contributed by atoms with Gasteiger partial charge in [-0.25, -0.2) is 0 Å². The van der Waals surface area contributed by atoms with Gasteiger partial charge in [0, 0.05) is 57.8 Å². The molecule has 2 fully saturated rings. The molecule has 2 saturated heterocycles. The number of nitrogens with one attached hydrogen (secondary N) is 1. The van der Waals surface area contributed by atoms with Crippen LogP contribution in [-0.4, -0.2) is 86.0 Å². The normalized spacial score (nSPS) is 26.2. The number of piperazine rings is 1. The molecule has 1 N–H and O–H groups in total. The minimum absolute atomic E-state index is 0.159. The van der Waals surface area contributed by atoms with Gasteiger partial charge in [-0.2, -0.15) is 0 Å². The number of hydrogen-bond donors (Lipinski definition) is 1. The monoisotopic (exact) mass is 428 g/mol. The zero-order valence-corrected chi connectivity index (χ0v) is 18.7. The van der Waals surface area contributed by atoms with E-state index in [4.69, 9.17) is 4.74 Å². The number of hydrogen-bond acceptors (Lipinski definition) is 5. The molecule has 3 heterocycles. The lowest BCUT2D eigenvalue weighted by Gasteiger charge is -2.40. The number of fused-ring (bicyclic) bond motifs is 3. The summed E-state index contributed by atoms with van der Waals surface area (Å²) in [5.41, 5.74) is 1.09. The van der Waals surface area contributed by atoms with Crippen molar-refractivity contribution < 1.29 is 14.3 Å². The van der Waals surface area contributed by atoms with E-state index in [1.54, 1.807) is 0 Å². The lowest BCUT2D eigenvalue weighted by atomic mass is 9.80. The molecule has 0 radical (unpaired) electrons. The summed E-state index contributed by atoms with van der Waals surface area (Å²) in [4.78, 5) is 32.0. The van der Waals surface area contributed by atoms with E-state index in [0.717, 1.165) is 69.8 Å². The molecule has 3 aliphatic rings. The van der Waals surface area contributed by atoms with Crippen LogP contribution in [0.15, 0.2) is 24.3 Å². The van der Waals surface area contributed by atoms with Crippen molar-refractivity contribution in [3.05, 3.63) is 29.8 Å². The molecule has 31 heavy (non-hydrogen) atoms. The summed E-state index contributed by atoms with van der Waals surface area (Å²) < 4.78 is 6.07. The second-order valence-corrected chi connectivity index (χ2v) is 9.24. The third-order valence-corrected chi connectivity index (χ3v) is 7.08. The Morgan fingerprint density at radius 1 is 1.10 bits per heavy atom. The average molecular weight is 429 g/mol. The number of carbonyl (C=O) groups excluding carboxylic acids is 2. The van der Waals surface area contributed by atoms with Crippen molar-refractivity contribution >= 4 is 11.8 Å². The van der Waals surface area contributed by atoms with Crippen LogP contribution in [0.2, 0.25) is 0 Å². The van der Waals surface area contributed by atoms with Crippen molar-refractivity contribution in [1.82, 2.24) is 20.0 Å². The van der Waals surface area contributed by atoms with Crippen molar-refractivity contribution in [2.45, 2.75) is 32.2 Å². The highest BCUT2D eigenvalue weighted by atomic mass is 16.5. The maximum atomic E-state index is 13.0. The lowest BCUT2D eigenvalue weighted by molar-refractivity contribution is -0.136. The summed E-state index contributed by atoms with van der Waals surface area (Å²) in [6.45, 7) is 6.71. The standard InChI is InChI=1S/C24H36N4O3/c1-26-10-12-27(13-11-26)23(29)15-19-8-9-28-18-21(19)6-4-14-31-22-7-3-2-5-20(22)16-25-17-24(28)30/h2-3,5,7,19,21,25H,4,6,8-18H2,1H3/t19-,21-/m0/s1. The molecule has 2 atom stereocenters. The number of amides is 2. The molecular formula is C24H36N4O3. The Kier molecular flexibility index (Phi) is 7.45. The molecule has 0 spiro atoms. The first-order valence-corrected chi connectivity index (χ1v) is 11.8. The van der Waals surface area contributed by atoms with Gasteiger partial charge in [0.25, 0.3) is 0 Å². The van der Waals surface area contributed by atoms with Crippen molar-refractivity contribution in [2.75, 3.05) is 59.5 Å². The third kappa shape index (κ3) is 5.77. The van der Waals surface area contributed by atoms with Gasteiger partial charge in [-0.1, -0.05) is 18.2 Å². The van der Waals surface area contributed by atoms with E-state index in [-0.39, 0.29) is 11.8 Å². The van der Waals surface area contributed by atoms with E-state index in [0.29, 0.717) is 38.0 Å². The van der Waals surface area contributed by atoms with Crippen LogP contribution in [0, 0.1) is 11.8 Å². The number of nitrogens with zero attached hydrogens (tertiary/aromatic N) is 3. The zero-order valence-electron chi connectivity index (χ0n) is 18.7. The first-order chi connectivity index (χ1) is 15.1. The van der Waals surface area contributed by atoms with Crippen LogP contribution in [0.4, 0.5) is 0 Å². The van der Waals surface area contributed by atoms with E-state index in [1.807, 2.05) is 34.1 Å². The van der Waals surface area contributed by atoms with Crippen molar-refractivity contribution in [1.29, 1.82) is 0 Å². The topological polar surface area (TPSA) is 65.1 Å². The molecular weight excluding hydrogens is 392 g/mol. The molecule has 170 valence electrons. The molecule has 4 rings (SSSR count). The fraction of sp³-hybridized carbons (Fsp3) is 0.667. The lowest BCUT2D eigenvalue weighted by Crippen LogP contribution is -2.50. The Labute approximate surface area is 185 Å². The number of benzene rings is 1. The summed E-state index contributed by atoms with van der Waals surface area (Å²) in [5, 5.41) is 3.29. The molecule has 2 amide bonds. The van der Waals surface area contributed by atoms with Crippen LogP contribution in [0.1, 0.15) is 31.2 Å². The second-order valence-electron chi connectivity index (χ2n) is 9.24.